The third-order valence-corrected chi connectivity index (χ3v) is 4.71. The minimum atomic E-state index is -0.165. The molecule has 4 aromatic rings. The van der Waals surface area contributed by atoms with Gasteiger partial charge in [-0.05, 0) is 30.3 Å². The number of benzene rings is 2. The van der Waals surface area contributed by atoms with Gasteiger partial charge in [0, 0.05) is 23.4 Å². The van der Waals surface area contributed by atoms with Crippen molar-refractivity contribution < 1.29 is 9.21 Å². The lowest BCUT2D eigenvalue weighted by atomic mass is 10.2. The van der Waals surface area contributed by atoms with E-state index in [0.29, 0.717) is 39.4 Å². The summed E-state index contributed by atoms with van der Waals surface area (Å²) in [5, 5.41) is 11.7. The predicted octanol–water partition coefficient (Wildman–Crippen LogP) is 4.80. The number of carbonyl (C=O) groups excluding carboxylic acids is 1. The summed E-state index contributed by atoms with van der Waals surface area (Å²) in [6.07, 6.45) is 5.43. The number of aryl methyl sites for hydroxylation is 1. The molecule has 0 aliphatic rings. The molecule has 0 fully saturated rings. The van der Waals surface area contributed by atoms with Gasteiger partial charge in [-0.15, -0.1) is 5.10 Å². The first-order chi connectivity index (χ1) is 14.1. The van der Waals surface area contributed by atoms with E-state index in [1.165, 1.54) is 0 Å². The zero-order chi connectivity index (χ0) is 20.2. The highest BCUT2D eigenvalue weighted by Gasteiger charge is 2.13. The highest BCUT2D eigenvalue weighted by Crippen LogP contribution is 2.31. The van der Waals surface area contributed by atoms with Crippen LogP contribution in [0, 0.1) is 0 Å². The van der Waals surface area contributed by atoms with E-state index in [2.05, 4.69) is 20.6 Å². The van der Waals surface area contributed by atoms with Crippen LogP contribution in [0.1, 0.15) is 12.3 Å². The average Bonchev–Trinajstić information content (AvgIpc) is 3.39. The minimum Gasteiger partial charge on any atom is -0.441 e. The van der Waals surface area contributed by atoms with Crippen molar-refractivity contribution in [1.82, 2.24) is 20.0 Å². The van der Waals surface area contributed by atoms with Crippen molar-refractivity contribution in [2.24, 2.45) is 0 Å². The van der Waals surface area contributed by atoms with E-state index in [4.69, 9.17) is 27.6 Å². The van der Waals surface area contributed by atoms with Gasteiger partial charge in [0.05, 0.1) is 35.0 Å². The summed E-state index contributed by atoms with van der Waals surface area (Å²) < 4.78 is 7.32. The number of para-hydroxylation sites is 2. The molecule has 0 spiro atoms. The van der Waals surface area contributed by atoms with Gasteiger partial charge in [-0.1, -0.05) is 40.5 Å². The van der Waals surface area contributed by atoms with Crippen molar-refractivity contribution in [3.05, 3.63) is 77.0 Å². The molecule has 9 heteroatoms. The smallest absolute Gasteiger partial charge is 0.224 e. The second kappa shape index (κ2) is 8.46. The van der Waals surface area contributed by atoms with Gasteiger partial charge >= 0.3 is 0 Å². The maximum absolute atomic E-state index is 12.4. The number of amides is 1. The SMILES string of the molecule is O=C(CCc1ncc(-c2ccc(Cl)cc2Cl)o1)Nc1ccccc1-n1ccnn1. The molecule has 0 aliphatic heterocycles. The van der Waals surface area contributed by atoms with Crippen LogP contribution >= 0.6 is 23.2 Å². The van der Waals surface area contributed by atoms with E-state index in [1.807, 2.05) is 18.2 Å². The van der Waals surface area contributed by atoms with Gasteiger partial charge < -0.3 is 9.73 Å². The molecule has 0 saturated heterocycles. The molecular formula is C20H15Cl2N5O2. The molecule has 1 N–H and O–H groups in total. The van der Waals surface area contributed by atoms with Crippen molar-refractivity contribution in [3.8, 4) is 17.0 Å². The third kappa shape index (κ3) is 4.47. The van der Waals surface area contributed by atoms with Gasteiger partial charge in [0.25, 0.3) is 0 Å². The fraction of sp³-hybridized carbons (Fsp3) is 0.100. The summed E-state index contributed by atoms with van der Waals surface area (Å²) in [5.74, 6) is 0.811. The van der Waals surface area contributed by atoms with Crippen LogP contribution in [-0.4, -0.2) is 25.9 Å². The Labute approximate surface area is 176 Å². The Morgan fingerprint density at radius 3 is 2.83 bits per heavy atom. The summed E-state index contributed by atoms with van der Waals surface area (Å²) >= 11 is 12.1. The Morgan fingerprint density at radius 1 is 1.17 bits per heavy atom. The minimum absolute atomic E-state index is 0.165. The number of nitrogens with zero attached hydrogens (tertiary/aromatic N) is 4. The first-order valence-corrected chi connectivity index (χ1v) is 9.51. The standard InChI is InChI=1S/C20H15Cl2N5O2/c21-13-5-6-14(15(22)11-13)18-12-23-20(29-18)8-7-19(28)25-16-3-1-2-4-17(16)27-10-9-24-26-27/h1-6,9-12H,7-8H2,(H,25,28). The molecule has 1 amide bonds. The summed E-state index contributed by atoms with van der Waals surface area (Å²) in [4.78, 5) is 16.6. The number of carbonyl (C=O) groups is 1. The van der Waals surface area contributed by atoms with Gasteiger partial charge in [-0.25, -0.2) is 9.67 Å². The van der Waals surface area contributed by atoms with E-state index in [9.17, 15) is 4.79 Å². The molecule has 0 radical (unpaired) electrons. The molecule has 0 saturated carbocycles. The quantitative estimate of drug-likeness (QED) is 0.477. The van der Waals surface area contributed by atoms with Gasteiger partial charge in [-0.3, -0.25) is 4.79 Å². The van der Waals surface area contributed by atoms with Gasteiger partial charge in [-0.2, -0.15) is 0 Å². The molecule has 0 bridgehead atoms. The van der Waals surface area contributed by atoms with E-state index in [0.717, 1.165) is 5.69 Å². The molecular weight excluding hydrogens is 413 g/mol. The average molecular weight is 428 g/mol. The first kappa shape index (κ1) is 19.2. The fourth-order valence-corrected chi connectivity index (χ4v) is 3.29. The number of oxazole rings is 1. The Hall–Kier alpha value is -3.16. The number of rotatable bonds is 6. The Bertz CT molecular complexity index is 1140. The summed E-state index contributed by atoms with van der Waals surface area (Å²) in [6, 6.07) is 12.5. The number of halogens is 2. The topological polar surface area (TPSA) is 85.8 Å². The van der Waals surface area contributed by atoms with Crippen LogP contribution in [0.5, 0.6) is 0 Å². The second-order valence-corrected chi connectivity index (χ2v) is 7.00. The zero-order valence-electron chi connectivity index (χ0n) is 15.0. The van der Waals surface area contributed by atoms with Crippen LogP contribution < -0.4 is 5.32 Å². The highest BCUT2D eigenvalue weighted by atomic mass is 35.5. The van der Waals surface area contributed by atoms with Crippen LogP contribution in [0.25, 0.3) is 17.0 Å². The molecule has 2 aromatic heterocycles. The summed E-state index contributed by atoms with van der Waals surface area (Å²) in [7, 11) is 0. The van der Waals surface area contributed by atoms with E-state index >= 15 is 0 Å². The fourth-order valence-electron chi connectivity index (χ4n) is 2.79. The lowest BCUT2D eigenvalue weighted by Gasteiger charge is -2.10. The first-order valence-electron chi connectivity index (χ1n) is 8.76. The zero-order valence-corrected chi connectivity index (χ0v) is 16.6. The Balaban J connectivity index is 1.41. The number of nitrogens with one attached hydrogen (secondary N) is 1. The monoisotopic (exact) mass is 427 g/mol. The van der Waals surface area contributed by atoms with Crippen molar-refractivity contribution in [2.75, 3.05) is 5.32 Å². The number of hydrogen-bond donors (Lipinski definition) is 1. The molecule has 29 heavy (non-hydrogen) atoms. The molecule has 146 valence electrons. The molecule has 0 aliphatic carbocycles. The van der Waals surface area contributed by atoms with Crippen LogP contribution in [0.3, 0.4) is 0 Å². The highest BCUT2D eigenvalue weighted by molar-refractivity contribution is 6.36. The molecule has 0 atom stereocenters. The number of hydrogen-bond acceptors (Lipinski definition) is 5. The van der Waals surface area contributed by atoms with Gasteiger partial charge in [0.2, 0.25) is 5.91 Å². The van der Waals surface area contributed by atoms with E-state index in [1.54, 1.807) is 47.5 Å². The van der Waals surface area contributed by atoms with E-state index in [-0.39, 0.29) is 12.3 Å². The summed E-state index contributed by atoms with van der Waals surface area (Å²) in [5.41, 5.74) is 2.07. The normalized spacial score (nSPS) is 10.8. The lowest BCUT2D eigenvalue weighted by Crippen LogP contribution is -2.14. The molecule has 2 heterocycles. The largest absolute Gasteiger partial charge is 0.441 e. The van der Waals surface area contributed by atoms with Crippen LogP contribution in [0.4, 0.5) is 5.69 Å². The van der Waals surface area contributed by atoms with Crippen LogP contribution in [0.15, 0.2) is 65.5 Å². The predicted molar refractivity (Wildman–Crippen MR) is 110 cm³/mol. The van der Waals surface area contributed by atoms with Crippen molar-refractivity contribution in [2.45, 2.75) is 12.8 Å². The summed E-state index contributed by atoms with van der Waals surface area (Å²) in [6.45, 7) is 0. The third-order valence-electron chi connectivity index (χ3n) is 4.16. The molecule has 2 aromatic carbocycles. The Morgan fingerprint density at radius 2 is 2.03 bits per heavy atom. The van der Waals surface area contributed by atoms with Gasteiger partial charge in [0.15, 0.2) is 11.7 Å². The van der Waals surface area contributed by atoms with Crippen LogP contribution in [0.2, 0.25) is 10.0 Å². The number of anilines is 1. The Kier molecular flexibility index (Phi) is 5.59. The van der Waals surface area contributed by atoms with Crippen molar-refractivity contribution in [1.29, 1.82) is 0 Å². The van der Waals surface area contributed by atoms with E-state index < -0.39 is 0 Å². The molecule has 0 unspecified atom stereocenters. The van der Waals surface area contributed by atoms with Crippen molar-refractivity contribution >= 4 is 34.8 Å². The molecule has 4 rings (SSSR count). The maximum Gasteiger partial charge on any atom is 0.224 e. The lowest BCUT2D eigenvalue weighted by molar-refractivity contribution is -0.116. The maximum atomic E-state index is 12.4. The number of aromatic nitrogens is 4. The van der Waals surface area contributed by atoms with Crippen LogP contribution in [-0.2, 0) is 11.2 Å². The van der Waals surface area contributed by atoms with Gasteiger partial charge in [0.1, 0.15) is 0 Å². The molecule has 7 nitrogen and oxygen atoms in total. The van der Waals surface area contributed by atoms with Crippen molar-refractivity contribution in [3.63, 3.8) is 0 Å². The second-order valence-electron chi connectivity index (χ2n) is 6.16.